The van der Waals surface area contributed by atoms with Gasteiger partial charge in [-0.15, -0.1) is 0 Å². The number of hydrogen-bond donors (Lipinski definition) is 2. The summed E-state index contributed by atoms with van der Waals surface area (Å²) in [4.78, 5) is 24.7. The van der Waals surface area contributed by atoms with Crippen molar-refractivity contribution in [3.05, 3.63) is 82.4 Å². The van der Waals surface area contributed by atoms with Crippen LogP contribution in [0.4, 0.5) is 4.39 Å². The average Bonchev–Trinajstić information content (AvgIpc) is 3.12. The molecule has 0 aliphatic rings. The minimum absolute atomic E-state index is 0.0375. The van der Waals surface area contributed by atoms with Gasteiger partial charge < -0.3 is 0 Å². The van der Waals surface area contributed by atoms with Crippen LogP contribution in [0.2, 0.25) is 5.02 Å². The van der Waals surface area contributed by atoms with E-state index in [1.165, 1.54) is 30.5 Å². The quantitative estimate of drug-likeness (QED) is 0.653. The van der Waals surface area contributed by atoms with E-state index in [4.69, 9.17) is 11.6 Å². The summed E-state index contributed by atoms with van der Waals surface area (Å²) in [7, 11) is 0. The van der Waals surface area contributed by atoms with Gasteiger partial charge in [-0.3, -0.25) is 20.4 Å². The number of carbonyl (C=O) groups is 2. The van der Waals surface area contributed by atoms with Crippen molar-refractivity contribution in [2.24, 2.45) is 0 Å². The molecule has 3 rings (SSSR count). The van der Waals surface area contributed by atoms with Gasteiger partial charge >= 0.3 is 0 Å². The Morgan fingerprint density at radius 2 is 1.71 bits per heavy atom. The van der Waals surface area contributed by atoms with E-state index in [2.05, 4.69) is 16.0 Å². The van der Waals surface area contributed by atoms with Crippen molar-refractivity contribution in [2.75, 3.05) is 0 Å². The van der Waals surface area contributed by atoms with E-state index in [0.717, 1.165) is 0 Å². The van der Waals surface area contributed by atoms with Gasteiger partial charge in [0, 0.05) is 5.02 Å². The van der Waals surface area contributed by atoms with Gasteiger partial charge in [0.1, 0.15) is 5.82 Å². The number of carbonyl (C=O) groups excluding carboxylic acids is 2. The van der Waals surface area contributed by atoms with Crippen molar-refractivity contribution in [3.8, 4) is 5.69 Å². The molecule has 0 saturated carbocycles. The van der Waals surface area contributed by atoms with E-state index in [-0.39, 0.29) is 11.5 Å². The highest BCUT2D eigenvalue weighted by molar-refractivity contribution is 6.30. The summed E-state index contributed by atoms with van der Waals surface area (Å²) in [6.07, 6.45) is 1.42. The molecule has 0 atom stereocenters. The van der Waals surface area contributed by atoms with Crippen molar-refractivity contribution < 1.29 is 14.0 Å². The lowest BCUT2D eigenvalue weighted by Crippen LogP contribution is -2.42. The van der Waals surface area contributed by atoms with Gasteiger partial charge in [-0.25, -0.2) is 9.07 Å². The van der Waals surface area contributed by atoms with Crippen LogP contribution >= 0.6 is 11.6 Å². The first kappa shape index (κ1) is 19.6. The lowest BCUT2D eigenvalue weighted by molar-refractivity contribution is 0.0843. The molecule has 0 bridgehead atoms. The summed E-state index contributed by atoms with van der Waals surface area (Å²) in [5.74, 6) is -2.02. The van der Waals surface area contributed by atoms with E-state index in [1.54, 1.807) is 22.9 Å². The summed E-state index contributed by atoms with van der Waals surface area (Å²) in [5.41, 5.74) is 6.03. The maximum Gasteiger partial charge on any atom is 0.273 e. The third-order valence-corrected chi connectivity index (χ3v) is 4.29. The van der Waals surface area contributed by atoms with Crippen LogP contribution in [-0.2, 0) is 0 Å². The van der Waals surface area contributed by atoms with Gasteiger partial charge in [0.2, 0.25) is 0 Å². The fourth-order valence-electron chi connectivity index (χ4n) is 2.80. The van der Waals surface area contributed by atoms with Crippen LogP contribution in [0.1, 0.15) is 46.2 Å². The molecule has 28 heavy (non-hydrogen) atoms. The van der Waals surface area contributed by atoms with Crippen LogP contribution < -0.4 is 10.9 Å². The second kappa shape index (κ2) is 8.22. The summed E-state index contributed by atoms with van der Waals surface area (Å²) >= 11 is 6.05. The summed E-state index contributed by atoms with van der Waals surface area (Å²) < 4.78 is 15.3. The maximum atomic E-state index is 13.7. The van der Waals surface area contributed by atoms with Gasteiger partial charge in [-0.2, -0.15) is 5.10 Å². The molecule has 144 valence electrons. The van der Waals surface area contributed by atoms with E-state index >= 15 is 0 Å². The molecule has 1 heterocycles. The molecule has 8 heteroatoms. The molecule has 0 saturated heterocycles. The summed E-state index contributed by atoms with van der Waals surface area (Å²) in [6, 6.07) is 12.6. The van der Waals surface area contributed by atoms with Crippen LogP contribution in [0.3, 0.4) is 0 Å². The number of nitrogens with zero attached hydrogens (tertiary/aromatic N) is 2. The van der Waals surface area contributed by atoms with Crippen LogP contribution in [0, 0.1) is 5.82 Å². The molecule has 3 aromatic rings. The first-order valence-corrected chi connectivity index (χ1v) is 8.95. The lowest BCUT2D eigenvalue weighted by atomic mass is 10.1. The van der Waals surface area contributed by atoms with Gasteiger partial charge in [-0.05, 0) is 36.2 Å². The second-order valence-electron chi connectivity index (χ2n) is 6.38. The first-order valence-electron chi connectivity index (χ1n) is 8.57. The molecule has 2 aromatic carbocycles. The molecular formula is C20H18ClFN4O2. The van der Waals surface area contributed by atoms with Crippen molar-refractivity contribution >= 4 is 23.4 Å². The lowest BCUT2D eigenvalue weighted by Gasteiger charge is -2.13. The number of halogens is 2. The van der Waals surface area contributed by atoms with E-state index in [0.29, 0.717) is 22.0 Å². The van der Waals surface area contributed by atoms with Gasteiger partial charge in [0.15, 0.2) is 0 Å². The standard InChI is InChI=1S/C20H18ClFN4O2/c1-12(2)18-16(11-23-26(18)14-7-5-6-13(21)10-14)20(28)25-24-19(27)15-8-3-4-9-17(15)22/h3-12H,1-2H3,(H,24,27)(H,25,28). The second-order valence-corrected chi connectivity index (χ2v) is 6.81. The topological polar surface area (TPSA) is 76.0 Å². The first-order chi connectivity index (χ1) is 13.4. The Morgan fingerprint density at radius 1 is 1.04 bits per heavy atom. The zero-order valence-electron chi connectivity index (χ0n) is 15.2. The highest BCUT2D eigenvalue weighted by atomic mass is 35.5. The number of benzene rings is 2. The largest absolute Gasteiger partial charge is 0.273 e. The van der Waals surface area contributed by atoms with Gasteiger partial charge in [0.25, 0.3) is 11.8 Å². The molecule has 1 aromatic heterocycles. The highest BCUT2D eigenvalue weighted by Gasteiger charge is 2.22. The molecular weight excluding hydrogens is 383 g/mol. The van der Waals surface area contributed by atoms with Crippen LogP contribution in [0.5, 0.6) is 0 Å². The van der Waals surface area contributed by atoms with Crippen molar-refractivity contribution in [1.29, 1.82) is 0 Å². The highest BCUT2D eigenvalue weighted by Crippen LogP contribution is 2.24. The molecule has 0 unspecified atom stereocenters. The third-order valence-electron chi connectivity index (χ3n) is 4.06. The molecule has 0 fully saturated rings. The Balaban J connectivity index is 1.82. The van der Waals surface area contributed by atoms with Gasteiger partial charge in [0.05, 0.1) is 28.7 Å². The van der Waals surface area contributed by atoms with Crippen LogP contribution in [-0.4, -0.2) is 21.6 Å². The number of nitrogens with one attached hydrogen (secondary N) is 2. The monoisotopic (exact) mass is 400 g/mol. The number of hydrogen-bond acceptors (Lipinski definition) is 3. The average molecular weight is 401 g/mol. The Morgan fingerprint density at radius 3 is 2.36 bits per heavy atom. The molecule has 0 aliphatic carbocycles. The third kappa shape index (κ3) is 4.04. The zero-order valence-corrected chi connectivity index (χ0v) is 16.0. The predicted molar refractivity (Wildman–Crippen MR) is 104 cm³/mol. The van der Waals surface area contributed by atoms with Crippen molar-refractivity contribution in [3.63, 3.8) is 0 Å². The Kier molecular flexibility index (Phi) is 5.75. The number of amides is 2. The van der Waals surface area contributed by atoms with E-state index in [9.17, 15) is 14.0 Å². The molecule has 0 aliphatic heterocycles. The molecule has 2 N–H and O–H groups in total. The van der Waals surface area contributed by atoms with Crippen LogP contribution in [0.25, 0.3) is 5.69 Å². The summed E-state index contributed by atoms with van der Waals surface area (Å²) in [6.45, 7) is 3.85. The van der Waals surface area contributed by atoms with Crippen molar-refractivity contribution in [2.45, 2.75) is 19.8 Å². The molecule has 2 amide bonds. The van der Waals surface area contributed by atoms with Gasteiger partial charge in [-0.1, -0.05) is 43.6 Å². The fraction of sp³-hybridized carbons (Fsp3) is 0.150. The molecule has 0 spiro atoms. The Labute approximate surface area is 166 Å². The minimum atomic E-state index is -0.750. The molecule has 0 radical (unpaired) electrons. The summed E-state index contributed by atoms with van der Waals surface area (Å²) in [5, 5.41) is 4.84. The normalized spacial score (nSPS) is 10.8. The van der Waals surface area contributed by atoms with Crippen LogP contribution in [0.15, 0.2) is 54.7 Å². The van der Waals surface area contributed by atoms with Crippen molar-refractivity contribution in [1.82, 2.24) is 20.6 Å². The number of hydrazine groups is 1. The zero-order chi connectivity index (χ0) is 20.3. The number of rotatable bonds is 4. The Bertz CT molecular complexity index is 1030. The smallest absolute Gasteiger partial charge is 0.267 e. The van der Waals surface area contributed by atoms with E-state index in [1.807, 2.05) is 19.9 Å². The Hall–Kier alpha value is -3.19. The predicted octanol–water partition coefficient (Wildman–Crippen LogP) is 3.86. The van der Waals surface area contributed by atoms with E-state index < -0.39 is 17.6 Å². The maximum absolute atomic E-state index is 13.7. The SMILES string of the molecule is CC(C)c1c(C(=O)NNC(=O)c2ccccc2F)cnn1-c1cccc(Cl)c1. The molecule has 6 nitrogen and oxygen atoms in total. The minimum Gasteiger partial charge on any atom is -0.267 e. The number of aromatic nitrogens is 2. The fourth-order valence-corrected chi connectivity index (χ4v) is 2.98.